The quantitative estimate of drug-likeness (QED) is 0.530. The number of unbranched alkanes of at least 4 members (excludes halogenated alkanes) is 1. The second kappa shape index (κ2) is 10.6. The molecule has 1 aliphatic rings. The summed E-state index contributed by atoms with van der Waals surface area (Å²) in [5.41, 5.74) is 3.52. The van der Waals surface area contributed by atoms with E-state index in [-0.39, 0.29) is 12.5 Å². The summed E-state index contributed by atoms with van der Waals surface area (Å²) in [5, 5.41) is 11.9. The van der Waals surface area contributed by atoms with Crippen LogP contribution in [0.1, 0.15) is 57.2 Å². The van der Waals surface area contributed by atoms with Gasteiger partial charge in [0.25, 0.3) is 0 Å². The number of nitrogens with zero attached hydrogens (tertiary/aromatic N) is 1. The van der Waals surface area contributed by atoms with Gasteiger partial charge in [0.15, 0.2) is 0 Å². The van der Waals surface area contributed by atoms with Gasteiger partial charge in [0, 0.05) is 6.54 Å². The van der Waals surface area contributed by atoms with Crippen molar-refractivity contribution in [1.82, 2.24) is 10.2 Å². The Kier molecular flexibility index (Phi) is 7.81. The molecule has 0 unspecified atom stereocenters. The Morgan fingerprint density at radius 3 is 2.06 bits per heavy atom. The van der Waals surface area contributed by atoms with Gasteiger partial charge in [0.2, 0.25) is 0 Å². The summed E-state index contributed by atoms with van der Waals surface area (Å²) in [6.45, 7) is 5.51. The fraction of sp³-hybridized carbons (Fsp3) is 0.423. The van der Waals surface area contributed by atoms with Crippen LogP contribution in [0.5, 0.6) is 0 Å². The van der Waals surface area contributed by atoms with Crippen LogP contribution in [0.15, 0.2) is 48.5 Å². The first-order valence-electron chi connectivity index (χ1n) is 11.4. The maximum Gasteiger partial charge on any atom is 0.410 e. The molecule has 2 amide bonds. The zero-order chi connectivity index (χ0) is 24.9. The molecule has 34 heavy (non-hydrogen) atoms. The minimum atomic E-state index is -1.13. The van der Waals surface area contributed by atoms with E-state index in [2.05, 4.69) is 5.32 Å². The average molecular weight is 469 g/mol. The lowest BCUT2D eigenvalue weighted by atomic mass is 10.0. The molecule has 0 heterocycles. The number of methoxy groups -OCH3 is 1. The van der Waals surface area contributed by atoms with Crippen LogP contribution in [0.2, 0.25) is 0 Å². The minimum Gasteiger partial charge on any atom is -0.480 e. The maximum atomic E-state index is 12.8. The molecule has 8 heteroatoms. The van der Waals surface area contributed by atoms with Crippen LogP contribution in [0.4, 0.5) is 9.59 Å². The van der Waals surface area contributed by atoms with Gasteiger partial charge in [-0.05, 0) is 62.3 Å². The Labute approximate surface area is 199 Å². The molecular formula is C26H32N2O6. The molecule has 0 bridgehead atoms. The van der Waals surface area contributed by atoms with Gasteiger partial charge in [-0.2, -0.15) is 0 Å². The van der Waals surface area contributed by atoms with Crippen LogP contribution < -0.4 is 5.32 Å². The SMILES string of the molecule is COC(=O)N(CCCC[C@H](NC(=O)OC(C)(C)C)C(=O)O)C1c2ccccc2-c2ccccc21. The van der Waals surface area contributed by atoms with Crippen molar-refractivity contribution in [3.05, 3.63) is 59.7 Å². The van der Waals surface area contributed by atoms with Crippen molar-refractivity contribution in [2.24, 2.45) is 0 Å². The van der Waals surface area contributed by atoms with Gasteiger partial charge in [-0.25, -0.2) is 14.4 Å². The highest BCUT2D eigenvalue weighted by Crippen LogP contribution is 2.46. The van der Waals surface area contributed by atoms with Crippen molar-refractivity contribution in [3.8, 4) is 11.1 Å². The zero-order valence-electron chi connectivity index (χ0n) is 20.0. The third-order valence-electron chi connectivity index (χ3n) is 5.65. The Hall–Kier alpha value is -3.55. The molecule has 182 valence electrons. The monoisotopic (exact) mass is 468 g/mol. The molecule has 0 saturated heterocycles. The van der Waals surface area contributed by atoms with Gasteiger partial charge in [-0.15, -0.1) is 0 Å². The number of carbonyl (C=O) groups is 3. The van der Waals surface area contributed by atoms with E-state index < -0.39 is 29.8 Å². The number of carboxylic acid groups (broad SMARTS) is 1. The molecule has 1 aliphatic carbocycles. The maximum absolute atomic E-state index is 12.8. The van der Waals surface area contributed by atoms with Crippen molar-refractivity contribution < 1.29 is 29.0 Å². The molecular weight excluding hydrogens is 436 g/mol. The number of nitrogens with one attached hydrogen (secondary N) is 1. The molecule has 0 spiro atoms. The van der Waals surface area contributed by atoms with E-state index in [9.17, 15) is 19.5 Å². The number of hydrogen-bond donors (Lipinski definition) is 2. The van der Waals surface area contributed by atoms with E-state index in [0.717, 1.165) is 22.3 Å². The Balaban J connectivity index is 1.69. The van der Waals surface area contributed by atoms with E-state index in [1.807, 2.05) is 48.5 Å². The summed E-state index contributed by atoms with van der Waals surface area (Å²) in [7, 11) is 1.35. The smallest absolute Gasteiger partial charge is 0.410 e. The van der Waals surface area contributed by atoms with Crippen LogP contribution >= 0.6 is 0 Å². The lowest BCUT2D eigenvalue weighted by molar-refractivity contribution is -0.139. The fourth-order valence-electron chi connectivity index (χ4n) is 4.25. The molecule has 0 aliphatic heterocycles. The fourth-order valence-corrected chi connectivity index (χ4v) is 4.25. The number of fused-ring (bicyclic) bond motifs is 3. The first-order chi connectivity index (χ1) is 16.1. The minimum absolute atomic E-state index is 0.210. The Bertz CT molecular complexity index is 1000. The van der Waals surface area contributed by atoms with Crippen molar-refractivity contribution in [1.29, 1.82) is 0 Å². The van der Waals surface area contributed by atoms with E-state index in [4.69, 9.17) is 9.47 Å². The van der Waals surface area contributed by atoms with Crippen molar-refractivity contribution in [2.45, 2.75) is 57.7 Å². The number of aliphatic carboxylic acids is 1. The summed E-state index contributed by atoms with van der Waals surface area (Å²) < 4.78 is 10.2. The van der Waals surface area contributed by atoms with Gasteiger partial charge < -0.3 is 19.9 Å². The first-order valence-corrected chi connectivity index (χ1v) is 11.4. The van der Waals surface area contributed by atoms with Crippen molar-refractivity contribution in [3.63, 3.8) is 0 Å². The lowest BCUT2D eigenvalue weighted by Crippen LogP contribution is -2.43. The average Bonchev–Trinajstić information content (AvgIpc) is 3.11. The van der Waals surface area contributed by atoms with Crippen molar-refractivity contribution in [2.75, 3.05) is 13.7 Å². The van der Waals surface area contributed by atoms with E-state index in [0.29, 0.717) is 19.4 Å². The summed E-state index contributed by atoms with van der Waals surface area (Å²) >= 11 is 0. The number of carboxylic acids is 1. The zero-order valence-corrected chi connectivity index (χ0v) is 20.0. The molecule has 0 aromatic heterocycles. The second-order valence-corrected chi connectivity index (χ2v) is 9.27. The molecule has 3 rings (SSSR count). The molecule has 0 radical (unpaired) electrons. The highest BCUT2D eigenvalue weighted by Gasteiger charge is 2.35. The predicted molar refractivity (Wildman–Crippen MR) is 127 cm³/mol. The van der Waals surface area contributed by atoms with Gasteiger partial charge in [0.1, 0.15) is 11.6 Å². The van der Waals surface area contributed by atoms with E-state index >= 15 is 0 Å². The molecule has 8 nitrogen and oxygen atoms in total. The Morgan fingerprint density at radius 1 is 1.00 bits per heavy atom. The summed E-state index contributed by atoms with van der Waals surface area (Å²) in [4.78, 5) is 38.0. The molecule has 2 aromatic rings. The number of carbonyl (C=O) groups excluding carboxylic acids is 2. The van der Waals surface area contributed by atoms with Gasteiger partial charge in [-0.3, -0.25) is 4.90 Å². The third-order valence-corrected chi connectivity index (χ3v) is 5.65. The largest absolute Gasteiger partial charge is 0.480 e. The van der Waals surface area contributed by atoms with Crippen LogP contribution in [-0.4, -0.2) is 53.5 Å². The van der Waals surface area contributed by atoms with Crippen LogP contribution in [0, 0.1) is 0 Å². The normalized spacial score (nSPS) is 13.4. The van der Waals surface area contributed by atoms with Gasteiger partial charge in [-0.1, -0.05) is 48.5 Å². The summed E-state index contributed by atoms with van der Waals surface area (Å²) in [6, 6.07) is 14.6. The molecule has 2 aromatic carbocycles. The number of hydrogen-bond acceptors (Lipinski definition) is 5. The number of amides is 2. The topological polar surface area (TPSA) is 105 Å². The van der Waals surface area contributed by atoms with Crippen LogP contribution in [0.3, 0.4) is 0 Å². The lowest BCUT2D eigenvalue weighted by Gasteiger charge is -2.29. The number of benzene rings is 2. The highest BCUT2D eigenvalue weighted by molar-refractivity contribution is 5.81. The van der Waals surface area contributed by atoms with E-state index in [1.54, 1.807) is 25.7 Å². The van der Waals surface area contributed by atoms with Crippen LogP contribution in [0.25, 0.3) is 11.1 Å². The second-order valence-electron chi connectivity index (χ2n) is 9.27. The van der Waals surface area contributed by atoms with Gasteiger partial charge >= 0.3 is 18.2 Å². The van der Waals surface area contributed by atoms with Crippen LogP contribution in [-0.2, 0) is 14.3 Å². The number of alkyl carbamates (subject to hydrolysis) is 1. The summed E-state index contributed by atoms with van der Waals surface area (Å²) in [5.74, 6) is -1.13. The Morgan fingerprint density at radius 2 is 1.56 bits per heavy atom. The molecule has 2 N–H and O–H groups in total. The standard InChI is InChI=1S/C26H32N2O6/c1-26(2,3)34-24(31)27-21(23(29)30)15-9-10-16-28(25(32)33-4)22-19-13-7-5-11-17(19)18-12-6-8-14-20(18)22/h5-8,11-14,21-22H,9-10,15-16H2,1-4H3,(H,27,31)(H,29,30)/t21-/m0/s1. The predicted octanol–water partition coefficient (Wildman–Crippen LogP) is 4.97. The number of rotatable bonds is 8. The third kappa shape index (κ3) is 5.87. The first kappa shape index (κ1) is 25.1. The van der Waals surface area contributed by atoms with Gasteiger partial charge in [0.05, 0.1) is 13.2 Å². The van der Waals surface area contributed by atoms with E-state index in [1.165, 1.54) is 7.11 Å². The molecule has 0 saturated carbocycles. The molecule has 1 atom stereocenters. The highest BCUT2D eigenvalue weighted by atomic mass is 16.6. The molecule has 0 fully saturated rings. The summed E-state index contributed by atoms with van der Waals surface area (Å²) in [6.07, 6.45) is 0.0152. The number of ether oxygens (including phenoxy) is 2. The van der Waals surface area contributed by atoms with Crippen molar-refractivity contribution >= 4 is 18.2 Å².